The monoisotopic (exact) mass is 414 g/mol. The summed E-state index contributed by atoms with van der Waals surface area (Å²) in [5.41, 5.74) is 0. The van der Waals surface area contributed by atoms with Gasteiger partial charge in [-0.25, -0.2) is 0 Å². The van der Waals surface area contributed by atoms with E-state index >= 15 is 0 Å². The minimum atomic E-state index is -5.16. The summed E-state index contributed by atoms with van der Waals surface area (Å²) < 4.78 is 40.9. The van der Waals surface area contributed by atoms with Gasteiger partial charge in [-0.1, -0.05) is 91.0 Å². The smallest absolute Gasteiger partial charge is 0.294 e. The molecule has 0 aliphatic carbocycles. The predicted octanol–water partition coefficient (Wildman–Crippen LogP) is 3.87. The lowest BCUT2D eigenvalue weighted by atomic mass is 10.2. The standard InChI is InChI=1S/C23H18F3O2P/c1-17(27)21(22(28)23(24,25)26)29(18-11-5-2-6-12-18,19-13-7-3-8-14-19)20-15-9-4-10-16-20/h2-16H,1H3. The number of hydrogen-bond acceptors (Lipinski definition) is 2. The Bertz CT molecular complexity index is 970. The van der Waals surface area contributed by atoms with Crippen LogP contribution in [0.15, 0.2) is 91.0 Å². The molecule has 0 saturated carbocycles. The zero-order valence-corrected chi connectivity index (χ0v) is 16.5. The molecule has 0 radical (unpaired) electrons. The normalized spacial score (nSPS) is 11.7. The van der Waals surface area contributed by atoms with Crippen molar-refractivity contribution in [3.05, 3.63) is 91.0 Å². The lowest BCUT2D eigenvalue weighted by molar-refractivity contribution is -0.163. The van der Waals surface area contributed by atoms with Crippen LogP contribution < -0.4 is 15.9 Å². The van der Waals surface area contributed by atoms with Gasteiger partial charge >= 0.3 is 6.18 Å². The van der Waals surface area contributed by atoms with Crippen molar-refractivity contribution in [2.45, 2.75) is 13.1 Å². The second kappa shape index (κ2) is 8.22. The molecule has 29 heavy (non-hydrogen) atoms. The van der Waals surface area contributed by atoms with Crippen LogP contribution in [0, 0.1) is 0 Å². The van der Waals surface area contributed by atoms with E-state index in [1.807, 2.05) is 0 Å². The highest BCUT2D eigenvalue weighted by molar-refractivity contribution is 7.97. The molecule has 3 rings (SSSR count). The average Bonchev–Trinajstić information content (AvgIpc) is 2.72. The van der Waals surface area contributed by atoms with Gasteiger partial charge < -0.3 is 0 Å². The summed E-state index contributed by atoms with van der Waals surface area (Å²) in [6.07, 6.45) is -5.16. The van der Waals surface area contributed by atoms with Gasteiger partial charge in [0.15, 0.2) is 5.78 Å². The third-order valence-corrected chi connectivity index (χ3v) is 8.98. The molecule has 0 aromatic heterocycles. The molecule has 2 nitrogen and oxygen atoms in total. The fourth-order valence-corrected chi connectivity index (χ4v) is 7.90. The van der Waals surface area contributed by atoms with Crippen molar-refractivity contribution >= 4 is 39.7 Å². The number of hydrogen-bond donors (Lipinski definition) is 0. The molecule has 0 aliphatic heterocycles. The Morgan fingerprint density at radius 2 is 0.966 bits per heavy atom. The van der Waals surface area contributed by atoms with Crippen LogP contribution in [0.25, 0.3) is 0 Å². The summed E-state index contributed by atoms with van der Waals surface area (Å²) in [5.74, 6) is -2.97. The van der Waals surface area contributed by atoms with Crippen molar-refractivity contribution in [1.29, 1.82) is 0 Å². The molecule has 148 valence electrons. The highest BCUT2D eigenvalue weighted by atomic mass is 31.2. The number of carbonyl (C=O) groups is 2. The lowest BCUT2D eigenvalue weighted by Gasteiger charge is -2.31. The molecular weight excluding hydrogens is 396 g/mol. The zero-order valence-electron chi connectivity index (χ0n) is 15.6. The first-order chi connectivity index (χ1) is 13.8. The molecular formula is C23H18F3O2P. The van der Waals surface area contributed by atoms with Gasteiger partial charge in [0.1, 0.15) is 0 Å². The number of benzene rings is 3. The third kappa shape index (κ3) is 3.83. The quantitative estimate of drug-likeness (QED) is 0.469. The Kier molecular flexibility index (Phi) is 5.90. The van der Waals surface area contributed by atoms with E-state index in [1.54, 1.807) is 91.0 Å². The first-order valence-corrected chi connectivity index (χ1v) is 10.6. The van der Waals surface area contributed by atoms with Crippen molar-refractivity contribution < 1.29 is 22.8 Å². The topological polar surface area (TPSA) is 34.1 Å². The SMILES string of the molecule is CC(=O)C(C(=O)C(F)(F)F)=P(c1ccccc1)(c1ccccc1)c1ccccc1. The van der Waals surface area contributed by atoms with Crippen molar-refractivity contribution in [2.24, 2.45) is 0 Å². The molecule has 3 aromatic rings. The lowest BCUT2D eigenvalue weighted by Crippen LogP contribution is -2.42. The zero-order chi connectivity index (χ0) is 21.1. The second-order valence-electron chi connectivity index (χ2n) is 6.41. The van der Waals surface area contributed by atoms with E-state index < -0.39 is 29.9 Å². The molecule has 6 heteroatoms. The van der Waals surface area contributed by atoms with Gasteiger partial charge in [-0.15, -0.1) is 0 Å². The van der Waals surface area contributed by atoms with Crippen LogP contribution in [-0.2, 0) is 9.59 Å². The fraction of sp³-hybridized carbons (Fsp3) is 0.0870. The second-order valence-corrected chi connectivity index (χ2v) is 9.75. The Balaban J connectivity index is 2.66. The van der Waals surface area contributed by atoms with Crippen molar-refractivity contribution in [3.63, 3.8) is 0 Å². The Hall–Kier alpha value is -2.91. The maximum atomic E-state index is 13.6. The van der Waals surface area contributed by atoms with Gasteiger partial charge in [-0.2, -0.15) is 13.2 Å². The van der Waals surface area contributed by atoms with Gasteiger partial charge in [0.2, 0.25) is 0 Å². The first-order valence-electron chi connectivity index (χ1n) is 8.85. The van der Waals surface area contributed by atoms with Gasteiger partial charge in [0, 0.05) is 0 Å². The number of alkyl halides is 3. The summed E-state index contributed by atoms with van der Waals surface area (Å²) in [4.78, 5) is 25.3. The Morgan fingerprint density at radius 1 is 0.655 bits per heavy atom. The number of rotatable bonds is 5. The molecule has 0 unspecified atom stereocenters. The van der Waals surface area contributed by atoms with Crippen LogP contribution in [0.2, 0.25) is 0 Å². The summed E-state index contributed by atoms with van der Waals surface area (Å²) in [6.45, 7) is -2.34. The van der Waals surface area contributed by atoms with Gasteiger partial charge in [0.25, 0.3) is 5.78 Å². The number of carbonyl (C=O) groups excluding carboxylic acids is 2. The maximum Gasteiger partial charge on any atom is 0.455 e. The first kappa shape index (κ1) is 20.8. The summed E-state index contributed by atoms with van der Waals surface area (Å²) in [7, 11) is 0. The Labute approximate surface area is 167 Å². The van der Waals surface area contributed by atoms with Crippen LogP contribution in [-0.4, -0.2) is 23.0 Å². The van der Waals surface area contributed by atoms with E-state index in [-0.39, 0.29) is 0 Å². The third-order valence-electron chi connectivity index (χ3n) is 4.57. The molecule has 3 aromatic carbocycles. The Morgan fingerprint density at radius 3 is 1.21 bits per heavy atom. The predicted molar refractivity (Wildman–Crippen MR) is 112 cm³/mol. The molecule has 0 fully saturated rings. The van der Waals surface area contributed by atoms with Crippen molar-refractivity contribution in [1.82, 2.24) is 0 Å². The molecule has 0 saturated heterocycles. The molecule has 0 amide bonds. The highest BCUT2D eigenvalue weighted by Crippen LogP contribution is 2.47. The molecule has 0 bridgehead atoms. The summed E-state index contributed by atoms with van der Waals surface area (Å²) >= 11 is 0. The van der Waals surface area contributed by atoms with Crippen LogP contribution in [0.1, 0.15) is 6.92 Å². The van der Waals surface area contributed by atoms with E-state index in [0.29, 0.717) is 15.9 Å². The molecule has 0 spiro atoms. The fourth-order valence-electron chi connectivity index (χ4n) is 3.47. The summed E-state index contributed by atoms with van der Waals surface area (Å²) in [6, 6.07) is 25.5. The molecule has 0 heterocycles. The van der Waals surface area contributed by atoms with Crippen LogP contribution in [0.4, 0.5) is 13.2 Å². The van der Waals surface area contributed by atoms with Crippen LogP contribution in [0.3, 0.4) is 0 Å². The van der Waals surface area contributed by atoms with E-state index in [0.717, 1.165) is 6.92 Å². The minimum absolute atomic E-state index is 0.514. The van der Waals surface area contributed by atoms with E-state index in [2.05, 4.69) is 0 Å². The van der Waals surface area contributed by atoms with Crippen LogP contribution >= 0.6 is 6.89 Å². The molecule has 0 atom stereocenters. The minimum Gasteiger partial charge on any atom is -0.294 e. The van der Waals surface area contributed by atoms with Gasteiger partial charge in [-0.05, 0) is 29.7 Å². The van der Waals surface area contributed by atoms with Crippen molar-refractivity contribution in [3.8, 4) is 0 Å². The van der Waals surface area contributed by atoms with Crippen LogP contribution in [0.5, 0.6) is 0 Å². The molecule has 0 aliphatic rings. The number of halogens is 3. The average molecular weight is 414 g/mol. The number of Topliss-reactive ketones (excluding diaryl/α,β-unsaturated/α-hetero) is 2. The van der Waals surface area contributed by atoms with Crippen molar-refractivity contribution in [2.75, 3.05) is 0 Å². The molecule has 0 N–H and O–H groups in total. The van der Waals surface area contributed by atoms with Gasteiger partial charge in [-0.3, -0.25) is 9.59 Å². The van der Waals surface area contributed by atoms with E-state index in [9.17, 15) is 22.8 Å². The largest absolute Gasteiger partial charge is 0.455 e. The highest BCUT2D eigenvalue weighted by Gasteiger charge is 2.47. The van der Waals surface area contributed by atoms with E-state index in [1.165, 1.54) is 0 Å². The van der Waals surface area contributed by atoms with E-state index in [4.69, 9.17) is 0 Å². The maximum absolute atomic E-state index is 13.6. The van der Waals surface area contributed by atoms with Gasteiger partial charge in [0.05, 0.1) is 5.29 Å². The number of ketones is 2. The summed E-state index contributed by atoms with van der Waals surface area (Å²) in [5, 5.41) is 0.828.